The summed E-state index contributed by atoms with van der Waals surface area (Å²) in [6.07, 6.45) is 1.54. The number of halogens is 2. The summed E-state index contributed by atoms with van der Waals surface area (Å²) in [6.45, 7) is 5.68. The summed E-state index contributed by atoms with van der Waals surface area (Å²) in [5.41, 5.74) is 2.11. The molecule has 136 valence electrons. The lowest BCUT2D eigenvalue weighted by atomic mass is 9.98. The van der Waals surface area contributed by atoms with Gasteiger partial charge in [0.05, 0.1) is 15.6 Å². The van der Waals surface area contributed by atoms with E-state index >= 15 is 0 Å². The Morgan fingerprint density at radius 1 is 1.24 bits per heavy atom. The highest BCUT2D eigenvalue weighted by molar-refractivity contribution is 7.89. The first-order valence-electron chi connectivity index (χ1n) is 8.23. The van der Waals surface area contributed by atoms with E-state index in [1.807, 2.05) is 24.6 Å². The van der Waals surface area contributed by atoms with Crippen molar-refractivity contribution >= 4 is 21.6 Å². The van der Waals surface area contributed by atoms with Gasteiger partial charge in [0.1, 0.15) is 5.82 Å². The average molecular weight is 386 g/mol. The van der Waals surface area contributed by atoms with Crippen LogP contribution in [0, 0.1) is 25.6 Å². The van der Waals surface area contributed by atoms with Crippen LogP contribution in [0.15, 0.2) is 29.2 Å². The molecule has 0 spiro atoms. The molecule has 0 aliphatic carbocycles. The second kappa shape index (κ2) is 7.05. The Labute approximate surface area is 152 Å². The number of hydrogen-bond donors (Lipinski definition) is 0. The molecule has 0 atom stereocenters. The number of sulfonamides is 1. The molecule has 0 amide bonds. The molecule has 8 heteroatoms. The molecule has 25 heavy (non-hydrogen) atoms. The molecule has 1 aliphatic heterocycles. The van der Waals surface area contributed by atoms with Gasteiger partial charge in [0.2, 0.25) is 10.0 Å². The van der Waals surface area contributed by atoms with Gasteiger partial charge in [0.15, 0.2) is 0 Å². The molecule has 2 heterocycles. The van der Waals surface area contributed by atoms with E-state index in [4.69, 9.17) is 11.6 Å². The lowest BCUT2D eigenvalue weighted by Gasteiger charge is -2.31. The number of nitrogens with zero attached hydrogens (tertiary/aromatic N) is 3. The number of hydrogen-bond acceptors (Lipinski definition) is 3. The van der Waals surface area contributed by atoms with E-state index in [1.54, 1.807) is 0 Å². The highest BCUT2D eigenvalue weighted by Gasteiger charge is 2.30. The van der Waals surface area contributed by atoms with Crippen molar-refractivity contribution in [3.8, 4) is 0 Å². The fraction of sp³-hybridized carbons (Fsp3) is 0.471. The molecule has 1 fully saturated rings. The number of aryl methyl sites for hydroxylation is 2. The Balaban J connectivity index is 1.66. The van der Waals surface area contributed by atoms with E-state index in [1.165, 1.54) is 16.4 Å². The van der Waals surface area contributed by atoms with Crippen molar-refractivity contribution in [2.75, 3.05) is 13.1 Å². The summed E-state index contributed by atoms with van der Waals surface area (Å²) >= 11 is 5.72. The monoisotopic (exact) mass is 385 g/mol. The van der Waals surface area contributed by atoms with E-state index in [2.05, 4.69) is 5.10 Å². The van der Waals surface area contributed by atoms with Gasteiger partial charge in [-0.25, -0.2) is 12.8 Å². The van der Waals surface area contributed by atoms with Crippen molar-refractivity contribution in [2.24, 2.45) is 5.92 Å². The van der Waals surface area contributed by atoms with Gasteiger partial charge in [0.25, 0.3) is 0 Å². The molecule has 0 unspecified atom stereocenters. The van der Waals surface area contributed by atoms with Gasteiger partial charge in [-0.15, -0.1) is 0 Å². The molecule has 0 N–H and O–H groups in total. The zero-order valence-electron chi connectivity index (χ0n) is 14.2. The Kier molecular flexibility index (Phi) is 5.18. The quantitative estimate of drug-likeness (QED) is 0.810. The third-order valence-electron chi connectivity index (χ3n) is 4.64. The molecular formula is C17H21ClFN3O2S. The highest BCUT2D eigenvalue weighted by Crippen LogP contribution is 2.27. The van der Waals surface area contributed by atoms with Gasteiger partial charge in [-0.1, -0.05) is 11.6 Å². The van der Waals surface area contributed by atoms with E-state index in [0.717, 1.165) is 36.8 Å². The maximum Gasteiger partial charge on any atom is 0.243 e. The van der Waals surface area contributed by atoms with Crippen LogP contribution in [0.1, 0.15) is 24.2 Å². The lowest BCUT2D eigenvalue weighted by Crippen LogP contribution is -2.39. The van der Waals surface area contributed by atoms with Gasteiger partial charge in [-0.05, 0) is 56.9 Å². The molecule has 0 radical (unpaired) electrons. The average Bonchev–Trinajstić information content (AvgIpc) is 2.88. The minimum absolute atomic E-state index is 0.0379. The van der Waals surface area contributed by atoms with Crippen LogP contribution in [0.3, 0.4) is 0 Å². The third-order valence-corrected chi connectivity index (χ3v) is 6.82. The normalized spacial score (nSPS) is 17.1. The van der Waals surface area contributed by atoms with Crippen molar-refractivity contribution in [3.63, 3.8) is 0 Å². The van der Waals surface area contributed by atoms with Crippen LogP contribution in [-0.4, -0.2) is 35.6 Å². The Bertz CT molecular complexity index is 874. The number of rotatable bonds is 4. The number of benzene rings is 1. The van der Waals surface area contributed by atoms with Crippen LogP contribution in [0.5, 0.6) is 0 Å². The molecule has 1 aromatic carbocycles. The predicted octanol–water partition coefficient (Wildman–Crippen LogP) is 3.39. The minimum Gasteiger partial charge on any atom is -0.269 e. The summed E-state index contributed by atoms with van der Waals surface area (Å²) in [4.78, 5) is 0.0379. The summed E-state index contributed by atoms with van der Waals surface area (Å²) in [5, 5.41) is 4.29. The molecular weight excluding hydrogens is 365 g/mol. The van der Waals surface area contributed by atoms with Gasteiger partial charge in [-0.2, -0.15) is 9.40 Å². The van der Waals surface area contributed by atoms with Gasteiger partial charge < -0.3 is 0 Å². The largest absolute Gasteiger partial charge is 0.269 e. The fourth-order valence-corrected chi connectivity index (χ4v) is 4.96. The lowest BCUT2D eigenvalue weighted by molar-refractivity contribution is 0.246. The molecule has 1 aromatic heterocycles. The van der Waals surface area contributed by atoms with Crippen LogP contribution >= 0.6 is 11.6 Å². The Hall–Kier alpha value is -1.44. The second-order valence-corrected chi connectivity index (χ2v) is 8.88. The maximum absolute atomic E-state index is 13.3. The summed E-state index contributed by atoms with van der Waals surface area (Å²) in [5.74, 6) is -0.231. The number of aromatic nitrogens is 2. The first kappa shape index (κ1) is 18.4. The summed E-state index contributed by atoms with van der Waals surface area (Å²) in [6, 6.07) is 5.56. The van der Waals surface area contributed by atoms with Crippen molar-refractivity contribution in [1.82, 2.24) is 14.1 Å². The zero-order valence-corrected chi connectivity index (χ0v) is 15.8. The van der Waals surface area contributed by atoms with Crippen LogP contribution in [0.25, 0.3) is 0 Å². The predicted molar refractivity (Wildman–Crippen MR) is 94.6 cm³/mol. The molecule has 1 aliphatic rings. The van der Waals surface area contributed by atoms with Crippen molar-refractivity contribution in [1.29, 1.82) is 0 Å². The molecule has 3 rings (SSSR count). The van der Waals surface area contributed by atoms with Gasteiger partial charge in [-0.3, -0.25) is 4.68 Å². The second-order valence-electron chi connectivity index (χ2n) is 6.53. The topological polar surface area (TPSA) is 55.2 Å². The first-order valence-corrected chi connectivity index (χ1v) is 10.1. The zero-order chi connectivity index (χ0) is 18.2. The van der Waals surface area contributed by atoms with E-state index in [9.17, 15) is 12.8 Å². The fourth-order valence-electron chi connectivity index (χ4n) is 3.22. The van der Waals surface area contributed by atoms with Crippen molar-refractivity contribution < 1.29 is 12.8 Å². The van der Waals surface area contributed by atoms with Crippen LogP contribution in [0.2, 0.25) is 5.02 Å². The molecule has 2 aromatic rings. The molecule has 0 saturated carbocycles. The minimum atomic E-state index is -3.64. The van der Waals surface area contributed by atoms with Gasteiger partial charge in [0, 0.05) is 25.3 Å². The number of piperidine rings is 1. The Morgan fingerprint density at radius 3 is 2.48 bits per heavy atom. The van der Waals surface area contributed by atoms with Gasteiger partial charge >= 0.3 is 0 Å². The van der Waals surface area contributed by atoms with E-state index in [0.29, 0.717) is 19.0 Å². The Morgan fingerprint density at radius 2 is 1.92 bits per heavy atom. The smallest absolute Gasteiger partial charge is 0.243 e. The van der Waals surface area contributed by atoms with E-state index < -0.39 is 15.8 Å². The SMILES string of the molecule is Cc1cc(C)n(CC2CCN(S(=O)(=O)c3ccc(F)c(Cl)c3)CC2)n1. The standard InChI is InChI=1S/C17H21ClFN3O2S/c1-12-9-13(2)22(20-12)11-14-5-7-21(8-6-14)25(23,24)15-3-4-17(19)16(18)10-15/h3-4,9-10,14H,5-8,11H2,1-2H3. The van der Waals surface area contributed by atoms with Crippen molar-refractivity contribution in [2.45, 2.75) is 38.1 Å². The van der Waals surface area contributed by atoms with Crippen LogP contribution in [-0.2, 0) is 16.6 Å². The first-order chi connectivity index (χ1) is 11.8. The highest BCUT2D eigenvalue weighted by atomic mass is 35.5. The molecule has 5 nitrogen and oxygen atoms in total. The molecule has 0 bridgehead atoms. The van der Waals surface area contributed by atoms with Crippen LogP contribution < -0.4 is 0 Å². The molecule has 1 saturated heterocycles. The van der Waals surface area contributed by atoms with Crippen LogP contribution in [0.4, 0.5) is 4.39 Å². The summed E-state index contributed by atoms with van der Waals surface area (Å²) in [7, 11) is -3.64. The van der Waals surface area contributed by atoms with E-state index in [-0.39, 0.29) is 9.92 Å². The van der Waals surface area contributed by atoms with Crippen molar-refractivity contribution in [3.05, 3.63) is 46.5 Å². The third kappa shape index (κ3) is 3.88. The summed E-state index contributed by atoms with van der Waals surface area (Å²) < 4.78 is 42.1. The maximum atomic E-state index is 13.3.